The highest BCUT2D eigenvalue weighted by Gasteiger charge is 2.43. The number of nitrogens with zero attached hydrogens (tertiary/aromatic N) is 2. The first-order valence-corrected chi connectivity index (χ1v) is 9.56. The summed E-state index contributed by atoms with van der Waals surface area (Å²) >= 11 is 0. The molecule has 3 heterocycles. The van der Waals surface area contributed by atoms with Gasteiger partial charge in [0.05, 0.1) is 25.3 Å². The van der Waals surface area contributed by atoms with E-state index in [2.05, 4.69) is 24.1 Å². The third-order valence-electron chi connectivity index (χ3n) is 5.82. The third-order valence-corrected chi connectivity index (χ3v) is 5.82. The summed E-state index contributed by atoms with van der Waals surface area (Å²) in [5.41, 5.74) is 0. The Balaban J connectivity index is 1.50. The van der Waals surface area contributed by atoms with Crippen LogP contribution in [-0.2, 0) is 9.53 Å². The fraction of sp³-hybridized carbons (Fsp3) is 0.889. The number of likely N-dealkylation sites (tertiary alicyclic amines) is 1. The normalized spacial score (nSPS) is 31.2. The van der Waals surface area contributed by atoms with Gasteiger partial charge >= 0.3 is 6.09 Å². The number of ether oxygens (including phenoxy) is 1. The van der Waals surface area contributed by atoms with Crippen LogP contribution in [-0.4, -0.2) is 77.9 Å². The molecule has 7 nitrogen and oxygen atoms in total. The SMILES string of the molecule is CC(C)CNC(=O)C1CCN(C2CC3COCC(C2)N3C(=O)O)CC1. The van der Waals surface area contributed by atoms with Crippen LogP contribution in [0.5, 0.6) is 0 Å². The zero-order chi connectivity index (χ0) is 18.0. The molecule has 2 atom stereocenters. The van der Waals surface area contributed by atoms with Crippen molar-refractivity contribution in [1.29, 1.82) is 0 Å². The topological polar surface area (TPSA) is 82.1 Å². The number of carbonyl (C=O) groups is 2. The summed E-state index contributed by atoms with van der Waals surface area (Å²) in [5.74, 6) is 0.793. The zero-order valence-corrected chi connectivity index (χ0v) is 15.3. The predicted octanol–water partition coefficient (Wildman–Crippen LogP) is 1.38. The number of rotatable bonds is 4. The fourth-order valence-electron chi connectivity index (χ4n) is 4.47. The molecule has 2 unspecified atom stereocenters. The van der Waals surface area contributed by atoms with Crippen LogP contribution < -0.4 is 5.32 Å². The highest BCUT2D eigenvalue weighted by atomic mass is 16.5. The van der Waals surface area contributed by atoms with Gasteiger partial charge < -0.3 is 20.1 Å². The van der Waals surface area contributed by atoms with E-state index in [0.29, 0.717) is 25.2 Å². The zero-order valence-electron chi connectivity index (χ0n) is 15.3. The smallest absolute Gasteiger partial charge is 0.407 e. The first-order chi connectivity index (χ1) is 12.0. The minimum atomic E-state index is -0.822. The highest BCUT2D eigenvalue weighted by Crippen LogP contribution is 2.32. The van der Waals surface area contributed by atoms with E-state index in [4.69, 9.17) is 4.74 Å². The van der Waals surface area contributed by atoms with Gasteiger partial charge in [-0.2, -0.15) is 0 Å². The lowest BCUT2D eigenvalue weighted by atomic mass is 9.87. The van der Waals surface area contributed by atoms with E-state index in [1.165, 1.54) is 0 Å². The van der Waals surface area contributed by atoms with Crippen molar-refractivity contribution in [3.8, 4) is 0 Å². The molecule has 3 rings (SSSR count). The summed E-state index contributed by atoms with van der Waals surface area (Å²) in [6, 6.07) is 0.360. The van der Waals surface area contributed by atoms with Gasteiger partial charge in [-0.25, -0.2) is 4.79 Å². The van der Waals surface area contributed by atoms with Crippen LogP contribution in [0.4, 0.5) is 4.79 Å². The molecule has 2 bridgehead atoms. The molecule has 3 fully saturated rings. The minimum Gasteiger partial charge on any atom is -0.465 e. The van der Waals surface area contributed by atoms with Gasteiger partial charge in [0.25, 0.3) is 0 Å². The van der Waals surface area contributed by atoms with Crippen molar-refractivity contribution in [2.24, 2.45) is 11.8 Å². The average Bonchev–Trinajstić information content (AvgIpc) is 2.58. The second-order valence-electron chi connectivity index (χ2n) is 8.11. The molecular weight excluding hydrogens is 322 g/mol. The van der Waals surface area contributed by atoms with Crippen molar-refractivity contribution in [2.75, 3.05) is 32.8 Å². The van der Waals surface area contributed by atoms with Gasteiger partial charge in [0.1, 0.15) is 0 Å². The molecule has 0 aromatic heterocycles. The number of nitrogens with one attached hydrogen (secondary N) is 1. The summed E-state index contributed by atoms with van der Waals surface area (Å²) in [4.78, 5) is 27.8. The van der Waals surface area contributed by atoms with Gasteiger partial charge in [-0.15, -0.1) is 0 Å². The Hall–Kier alpha value is -1.34. The van der Waals surface area contributed by atoms with Gasteiger partial charge in [0.15, 0.2) is 0 Å². The maximum absolute atomic E-state index is 12.2. The quantitative estimate of drug-likeness (QED) is 0.798. The van der Waals surface area contributed by atoms with Crippen molar-refractivity contribution in [3.63, 3.8) is 0 Å². The standard InChI is InChI=1S/C18H31N3O4/c1-12(2)9-19-17(22)13-3-5-20(6-4-13)14-7-15-10-25-11-16(8-14)21(15)18(23)24/h12-16H,3-11H2,1-2H3,(H,19,22)(H,23,24). The summed E-state index contributed by atoms with van der Waals surface area (Å²) in [6.45, 7) is 7.83. The Kier molecular flexibility index (Phi) is 5.84. The van der Waals surface area contributed by atoms with Crippen LogP contribution in [0.15, 0.2) is 0 Å². The van der Waals surface area contributed by atoms with Crippen LogP contribution >= 0.6 is 0 Å². The molecule has 0 saturated carbocycles. The molecular formula is C18H31N3O4. The van der Waals surface area contributed by atoms with E-state index in [9.17, 15) is 14.7 Å². The van der Waals surface area contributed by atoms with E-state index in [-0.39, 0.29) is 23.9 Å². The van der Waals surface area contributed by atoms with Crippen molar-refractivity contribution >= 4 is 12.0 Å². The third kappa shape index (κ3) is 4.26. The number of fused-ring (bicyclic) bond motifs is 2. The van der Waals surface area contributed by atoms with Crippen LogP contribution in [0, 0.1) is 11.8 Å². The monoisotopic (exact) mass is 353 g/mol. The van der Waals surface area contributed by atoms with E-state index in [1.807, 2.05) is 0 Å². The molecule has 3 aliphatic heterocycles. The Morgan fingerprint density at radius 1 is 1.12 bits per heavy atom. The predicted molar refractivity (Wildman–Crippen MR) is 93.4 cm³/mol. The van der Waals surface area contributed by atoms with E-state index >= 15 is 0 Å². The number of morpholine rings is 1. The summed E-state index contributed by atoms with van der Waals surface area (Å²) in [7, 11) is 0. The number of piperidine rings is 2. The van der Waals surface area contributed by atoms with Gasteiger partial charge in [-0.3, -0.25) is 9.69 Å². The number of carbonyl (C=O) groups excluding carboxylic acids is 1. The minimum absolute atomic E-state index is 0.0259. The molecule has 2 N–H and O–H groups in total. The van der Waals surface area contributed by atoms with E-state index in [0.717, 1.165) is 45.3 Å². The second kappa shape index (κ2) is 7.91. The lowest BCUT2D eigenvalue weighted by Crippen LogP contribution is -2.62. The Morgan fingerprint density at radius 2 is 1.72 bits per heavy atom. The summed E-state index contributed by atoms with van der Waals surface area (Å²) in [5, 5.41) is 12.5. The molecule has 25 heavy (non-hydrogen) atoms. The highest BCUT2D eigenvalue weighted by molar-refractivity contribution is 5.78. The van der Waals surface area contributed by atoms with Crippen molar-refractivity contribution < 1.29 is 19.4 Å². The Labute approximate surface area is 149 Å². The molecule has 7 heteroatoms. The molecule has 0 aromatic rings. The summed E-state index contributed by atoms with van der Waals surface area (Å²) < 4.78 is 5.57. The first kappa shape index (κ1) is 18.5. The molecule has 0 radical (unpaired) electrons. The first-order valence-electron chi connectivity index (χ1n) is 9.56. The Bertz CT molecular complexity index is 477. The maximum atomic E-state index is 12.2. The van der Waals surface area contributed by atoms with E-state index < -0.39 is 6.09 Å². The number of hydrogen-bond acceptors (Lipinski definition) is 4. The van der Waals surface area contributed by atoms with Gasteiger partial charge in [0.2, 0.25) is 5.91 Å². The van der Waals surface area contributed by atoms with Crippen molar-refractivity contribution in [1.82, 2.24) is 15.1 Å². The van der Waals surface area contributed by atoms with E-state index in [1.54, 1.807) is 4.90 Å². The van der Waals surface area contributed by atoms with Crippen LogP contribution in [0.3, 0.4) is 0 Å². The molecule has 0 aromatic carbocycles. The van der Waals surface area contributed by atoms with Crippen molar-refractivity contribution in [2.45, 2.75) is 57.7 Å². The van der Waals surface area contributed by atoms with Crippen molar-refractivity contribution in [3.05, 3.63) is 0 Å². The lowest BCUT2D eigenvalue weighted by Gasteiger charge is -2.50. The number of amides is 2. The average molecular weight is 353 g/mol. The van der Waals surface area contributed by atoms with Gasteiger partial charge in [-0.1, -0.05) is 13.8 Å². The van der Waals surface area contributed by atoms with Crippen LogP contribution in [0.1, 0.15) is 39.5 Å². The van der Waals surface area contributed by atoms with Crippen LogP contribution in [0.2, 0.25) is 0 Å². The molecule has 3 aliphatic rings. The van der Waals surface area contributed by atoms with Gasteiger partial charge in [-0.05, 0) is 44.7 Å². The van der Waals surface area contributed by atoms with Gasteiger partial charge in [0, 0.05) is 18.5 Å². The maximum Gasteiger partial charge on any atom is 0.407 e. The second-order valence-corrected chi connectivity index (χ2v) is 8.11. The molecule has 2 amide bonds. The van der Waals surface area contributed by atoms with Crippen LogP contribution in [0.25, 0.3) is 0 Å². The molecule has 3 saturated heterocycles. The summed E-state index contributed by atoms with van der Waals surface area (Å²) in [6.07, 6.45) is 2.65. The number of hydrogen-bond donors (Lipinski definition) is 2. The molecule has 0 spiro atoms. The fourth-order valence-corrected chi connectivity index (χ4v) is 4.47. The molecule has 0 aliphatic carbocycles. The number of carboxylic acid groups (broad SMARTS) is 1. The lowest BCUT2D eigenvalue weighted by molar-refractivity contribution is -0.127. The molecule has 142 valence electrons. The Morgan fingerprint density at radius 3 is 2.24 bits per heavy atom. The largest absolute Gasteiger partial charge is 0.465 e.